The van der Waals surface area contributed by atoms with E-state index in [2.05, 4.69) is 21.2 Å². The van der Waals surface area contributed by atoms with Crippen molar-refractivity contribution in [1.29, 1.82) is 0 Å². The van der Waals surface area contributed by atoms with Crippen LogP contribution in [0.3, 0.4) is 0 Å². The van der Waals surface area contributed by atoms with Crippen LogP contribution in [0.1, 0.15) is 31.2 Å². The first-order valence-corrected chi connectivity index (χ1v) is 6.18. The molecule has 0 saturated heterocycles. The second-order valence-electron chi connectivity index (χ2n) is 4.50. The van der Waals surface area contributed by atoms with Crippen molar-refractivity contribution in [3.05, 3.63) is 22.2 Å². The van der Waals surface area contributed by atoms with Crippen LogP contribution >= 0.6 is 0 Å². The van der Waals surface area contributed by atoms with E-state index in [9.17, 15) is 9.59 Å². The van der Waals surface area contributed by atoms with E-state index in [-0.39, 0.29) is 5.82 Å². The predicted octanol–water partition coefficient (Wildman–Crippen LogP) is 1.49. The summed E-state index contributed by atoms with van der Waals surface area (Å²) in [6, 6.07) is 0. The zero-order valence-corrected chi connectivity index (χ0v) is 10.4. The second kappa shape index (κ2) is 6.05. The monoisotopic (exact) mass is 261 g/mol. The van der Waals surface area contributed by atoms with E-state index in [1.54, 1.807) is 0 Å². The standard InChI is InChI=1S/C13H15N3O3/c1-2-10-7-14-12(17)15-11(10)16-13(18)19-8-9-5-3-4-6-9/h1,7,9H,3-6,8H2,(H2,14,15,16,17,18). The summed E-state index contributed by atoms with van der Waals surface area (Å²) in [5, 5.41) is 2.43. The quantitative estimate of drug-likeness (QED) is 0.807. The van der Waals surface area contributed by atoms with Crippen LogP contribution in [0.2, 0.25) is 0 Å². The third-order valence-corrected chi connectivity index (χ3v) is 3.12. The summed E-state index contributed by atoms with van der Waals surface area (Å²) >= 11 is 0. The zero-order valence-electron chi connectivity index (χ0n) is 10.4. The highest BCUT2D eigenvalue weighted by molar-refractivity contribution is 5.84. The smallest absolute Gasteiger partial charge is 0.412 e. The molecule has 100 valence electrons. The minimum atomic E-state index is -0.620. The van der Waals surface area contributed by atoms with Crippen molar-refractivity contribution in [2.45, 2.75) is 25.7 Å². The van der Waals surface area contributed by atoms with Crippen LogP contribution in [-0.4, -0.2) is 22.7 Å². The number of carbonyl (C=O) groups excluding carboxylic acids is 1. The number of amides is 1. The van der Waals surface area contributed by atoms with Gasteiger partial charge < -0.3 is 4.74 Å². The van der Waals surface area contributed by atoms with Crippen LogP contribution < -0.4 is 11.0 Å². The molecule has 19 heavy (non-hydrogen) atoms. The Balaban J connectivity index is 1.93. The molecule has 6 heteroatoms. The number of ether oxygens (including phenoxy) is 1. The third-order valence-electron chi connectivity index (χ3n) is 3.12. The second-order valence-corrected chi connectivity index (χ2v) is 4.50. The first-order valence-electron chi connectivity index (χ1n) is 6.18. The van der Waals surface area contributed by atoms with E-state index in [1.165, 1.54) is 19.0 Å². The fourth-order valence-corrected chi connectivity index (χ4v) is 2.11. The molecule has 1 aliphatic carbocycles. The summed E-state index contributed by atoms with van der Waals surface area (Å²) in [5.41, 5.74) is -0.275. The van der Waals surface area contributed by atoms with Crippen molar-refractivity contribution in [3.63, 3.8) is 0 Å². The number of aromatic amines is 1. The van der Waals surface area contributed by atoms with Gasteiger partial charge in [0, 0.05) is 0 Å². The molecule has 0 atom stereocenters. The van der Waals surface area contributed by atoms with Crippen LogP contribution in [0.4, 0.5) is 10.6 Å². The van der Waals surface area contributed by atoms with Gasteiger partial charge >= 0.3 is 11.8 Å². The van der Waals surface area contributed by atoms with Gasteiger partial charge in [-0.05, 0) is 18.8 Å². The molecule has 2 rings (SSSR count). The molecule has 0 aliphatic heterocycles. The van der Waals surface area contributed by atoms with Crippen molar-refractivity contribution in [2.75, 3.05) is 11.9 Å². The molecule has 6 nitrogen and oxygen atoms in total. The average molecular weight is 261 g/mol. The molecule has 1 heterocycles. The molecular formula is C13H15N3O3. The Labute approximate surface area is 110 Å². The SMILES string of the molecule is C#Cc1cnc(=O)[nH]c1NC(=O)OCC1CCCC1. The Hall–Kier alpha value is -2.29. The number of nitrogens with zero attached hydrogens (tertiary/aromatic N) is 1. The molecule has 1 fully saturated rings. The Morgan fingerprint density at radius 3 is 3.00 bits per heavy atom. The van der Waals surface area contributed by atoms with Crippen molar-refractivity contribution >= 4 is 11.9 Å². The third kappa shape index (κ3) is 3.58. The molecular weight excluding hydrogens is 246 g/mol. The van der Waals surface area contributed by atoms with Gasteiger partial charge in [0.05, 0.1) is 18.4 Å². The minimum Gasteiger partial charge on any atom is -0.449 e. The van der Waals surface area contributed by atoms with Gasteiger partial charge in [0.25, 0.3) is 0 Å². The molecule has 1 amide bonds. The number of carbonyl (C=O) groups is 1. The lowest BCUT2D eigenvalue weighted by Gasteiger charge is -2.11. The Kier molecular flexibility index (Phi) is 4.18. The fraction of sp³-hybridized carbons (Fsp3) is 0.462. The van der Waals surface area contributed by atoms with Gasteiger partial charge in [-0.2, -0.15) is 0 Å². The predicted molar refractivity (Wildman–Crippen MR) is 69.7 cm³/mol. The van der Waals surface area contributed by atoms with Gasteiger partial charge in [0.15, 0.2) is 0 Å². The van der Waals surface area contributed by atoms with Gasteiger partial charge in [0.1, 0.15) is 5.82 Å². The normalized spacial score (nSPS) is 14.9. The van der Waals surface area contributed by atoms with E-state index < -0.39 is 11.8 Å². The summed E-state index contributed by atoms with van der Waals surface area (Å²) in [4.78, 5) is 28.5. The number of anilines is 1. The average Bonchev–Trinajstić information content (AvgIpc) is 2.90. The number of hydrogen-bond donors (Lipinski definition) is 2. The van der Waals surface area contributed by atoms with Gasteiger partial charge in [0.2, 0.25) is 0 Å². The zero-order chi connectivity index (χ0) is 13.7. The topological polar surface area (TPSA) is 84.1 Å². The number of hydrogen-bond acceptors (Lipinski definition) is 4. The van der Waals surface area contributed by atoms with Crippen LogP contribution in [0.15, 0.2) is 11.0 Å². The lowest BCUT2D eigenvalue weighted by atomic mass is 10.1. The summed E-state index contributed by atoms with van der Waals surface area (Å²) in [5.74, 6) is 2.90. The van der Waals surface area contributed by atoms with Gasteiger partial charge in [-0.3, -0.25) is 10.3 Å². The van der Waals surface area contributed by atoms with Crippen molar-refractivity contribution < 1.29 is 9.53 Å². The highest BCUT2D eigenvalue weighted by atomic mass is 16.5. The Morgan fingerprint density at radius 2 is 2.32 bits per heavy atom. The first kappa shape index (κ1) is 13.1. The molecule has 0 bridgehead atoms. The molecule has 2 N–H and O–H groups in total. The van der Waals surface area contributed by atoms with Gasteiger partial charge in [-0.1, -0.05) is 18.8 Å². The van der Waals surface area contributed by atoms with Crippen LogP contribution in [0.25, 0.3) is 0 Å². The number of terminal acetylenes is 1. The van der Waals surface area contributed by atoms with Crippen LogP contribution in [0, 0.1) is 18.3 Å². The largest absolute Gasteiger partial charge is 0.449 e. The molecule has 1 aliphatic rings. The molecule has 1 saturated carbocycles. The summed E-state index contributed by atoms with van der Waals surface area (Å²) in [7, 11) is 0. The molecule has 0 spiro atoms. The molecule has 0 unspecified atom stereocenters. The maximum Gasteiger partial charge on any atom is 0.412 e. The van der Waals surface area contributed by atoms with Crippen LogP contribution in [0.5, 0.6) is 0 Å². The maximum absolute atomic E-state index is 11.6. The first-order chi connectivity index (χ1) is 9.19. The molecule has 0 radical (unpaired) electrons. The number of H-pyrrole nitrogens is 1. The highest BCUT2D eigenvalue weighted by Crippen LogP contribution is 2.24. The van der Waals surface area contributed by atoms with E-state index in [0.29, 0.717) is 18.1 Å². The van der Waals surface area contributed by atoms with Gasteiger partial charge in [-0.25, -0.2) is 14.6 Å². The summed E-state index contributed by atoms with van der Waals surface area (Å²) in [6.07, 6.45) is 10.4. The van der Waals surface area contributed by atoms with Gasteiger partial charge in [-0.15, -0.1) is 6.42 Å². The Bertz CT molecular complexity index is 553. The van der Waals surface area contributed by atoms with E-state index in [0.717, 1.165) is 12.8 Å². The highest BCUT2D eigenvalue weighted by Gasteiger charge is 2.17. The van der Waals surface area contributed by atoms with E-state index >= 15 is 0 Å². The van der Waals surface area contributed by atoms with Crippen molar-refractivity contribution in [2.24, 2.45) is 5.92 Å². The van der Waals surface area contributed by atoms with Crippen molar-refractivity contribution in [1.82, 2.24) is 9.97 Å². The summed E-state index contributed by atoms with van der Waals surface area (Å²) < 4.78 is 5.11. The molecule has 1 aromatic heterocycles. The minimum absolute atomic E-state index is 0.138. The number of rotatable bonds is 3. The molecule has 0 aromatic carbocycles. The van der Waals surface area contributed by atoms with Crippen molar-refractivity contribution in [3.8, 4) is 12.3 Å². The lowest BCUT2D eigenvalue weighted by molar-refractivity contribution is 0.141. The van der Waals surface area contributed by atoms with Crippen LogP contribution in [-0.2, 0) is 4.74 Å². The van der Waals surface area contributed by atoms with E-state index in [1.807, 2.05) is 0 Å². The number of aromatic nitrogens is 2. The Morgan fingerprint density at radius 1 is 1.58 bits per heavy atom. The van der Waals surface area contributed by atoms with E-state index in [4.69, 9.17) is 11.2 Å². The molecule has 1 aromatic rings. The fourth-order valence-electron chi connectivity index (χ4n) is 2.11. The summed E-state index contributed by atoms with van der Waals surface area (Å²) in [6.45, 7) is 0.395. The number of nitrogens with one attached hydrogen (secondary N) is 2. The lowest BCUT2D eigenvalue weighted by Crippen LogP contribution is -2.21. The maximum atomic E-state index is 11.6.